The molecule has 29 heavy (non-hydrogen) atoms. The van der Waals surface area contributed by atoms with E-state index in [4.69, 9.17) is 27.9 Å². The monoisotopic (exact) mass is 450 g/mol. The summed E-state index contributed by atoms with van der Waals surface area (Å²) in [6.45, 7) is 6.54. The Morgan fingerprint density at radius 2 is 1.90 bits per heavy atom. The number of aryl methyl sites for hydroxylation is 1. The van der Waals surface area contributed by atoms with Crippen molar-refractivity contribution in [1.29, 1.82) is 0 Å². The molecule has 0 atom stereocenters. The minimum Gasteiger partial charge on any atom is -0.486 e. The average Bonchev–Trinajstić information content (AvgIpc) is 3.10. The van der Waals surface area contributed by atoms with E-state index >= 15 is 0 Å². The van der Waals surface area contributed by atoms with Gasteiger partial charge >= 0.3 is 6.03 Å². The maximum Gasteiger partial charge on any atom is 0.325 e. The van der Waals surface area contributed by atoms with Crippen LogP contribution in [0.5, 0.6) is 5.75 Å². The molecule has 0 unspecified atom stereocenters. The van der Waals surface area contributed by atoms with Gasteiger partial charge in [0.2, 0.25) is 5.13 Å². The molecule has 0 bridgehead atoms. The number of ether oxygens (including phenoxy) is 1. The van der Waals surface area contributed by atoms with Gasteiger partial charge in [-0.3, -0.25) is 5.32 Å². The van der Waals surface area contributed by atoms with Crippen LogP contribution in [-0.2, 0) is 6.61 Å². The number of urea groups is 1. The van der Waals surface area contributed by atoms with Gasteiger partial charge in [0.05, 0.1) is 10.0 Å². The van der Waals surface area contributed by atoms with Crippen LogP contribution in [-0.4, -0.2) is 16.2 Å². The number of hydrogen-bond acceptors (Lipinski definition) is 5. The number of amides is 2. The number of rotatable bonds is 6. The summed E-state index contributed by atoms with van der Waals surface area (Å²) in [6.07, 6.45) is 0. The van der Waals surface area contributed by atoms with Crippen LogP contribution in [0.2, 0.25) is 10.0 Å². The largest absolute Gasteiger partial charge is 0.486 e. The van der Waals surface area contributed by atoms with Gasteiger partial charge in [-0.1, -0.05) is 60.5 Å². The van der Waals surface area contributed by atoms with Gasteiger partial charge in [-0.05, 0) is 48.2 Å². The number of aromatic nitrogens is 2. The second kappa shape index (κ2) is 9.43. The summed E-state index contributed by atoms with van der Waals surface area (Å²) in [5.41, 5.74) is 2.79. The molecule has 0 fully saturated rings. The maximum absolute atomic E-state index is 12.1. The van der Waals surface area contributed by atoms with Crippen molar-refractivity contribution in [2.24, 2.45) is 0 Å². The third-order valence-electron chi connectivity index (χ3n) is 4.01. The highest BCUT2D eigenvalue weighted by Crippen LogP contribution is 2.29. The molecule has 0 spiro atoms. The van der Waals surface area contributed by atoms with E-state index in [1.54, 1.807) is 18.2 Å². The van der Waals surface area contributed by atoms with Crippen molar-refractivity contribution in [3.63, 3.8) is 0 Å². The van der Waals surface area contributed by atoms with Crippen molar-refractivity contribution in [2.45, 2.75) is 33.3 Å². The lowest BCUT2D eigenvalue weighted by Crippen LogP contribution is -2.19. The fourth-order valence-electron chi connectivity index (χ4n) is 2.58. The topological polar surface area (TPSA) is 76.1 Å². The Morgan fingerprint density at radius 3 is 2.62 bits per heavy atom. The van der Waals surface area contributed by atoms with Gasteiger partial charge in [0, 0.05) is 5.69 Å². The molecule has 2 N–H and O–H groups in total. The van der Waals surface area contributed by atoms with Crippen molar-refractivity contribution in [3.8, 4) is 5.75 Å². The Balaban J connectivity index is 1.59. The Morgan fingerprint density at radius 1 is 1.10 bits per heavy atom. The number of carbonyl (C=O) groups excluding carboxylic acids is 1. The molecular formula is C20H20Cl2N4O2S. The molecule has 0 aliphatic rings. The van der Waals surface area contributed by atoms with Crippen LogP contribution in [0.4, 0.5) is 15.6 Å². The van der Waals surface area contributed by atoms with E-state index < -0.39 is 6.03 Å². The number of carbonyl (C=O) groups is 1. The zero-order chi connectivity index (χ0) is 21.0. The third-order valence-corrected chi connectivity index (χ3v) is 5.56. The lowest BCUT2D eigenvalue weighted by molar-refractivity contribution is 0.262. The predicted octanol–water partition coefficient (Wildman–Crippen LogP) is 6.50. The van der Waals surface area contributed by atoms with Crippen LogP contribution in [0.1, 0.15) is 35.9 Å². The van der Waals surface area contributed by atoms with Crippen LogP contribution in [0.15, 0.2) is 36.4 Å². The number of benzene rings is 2. The first kappa shape index (κ1) is 21.4. The smallest absolute Gasteiger partial charge is 0.325 e. The molecule has 2 aromatic carbocycles. The first-order valence-electron chi connectivity index (χ1n) is 8.90. The van der Waals surface area contributed by atoms with Gasteiger partial charge < -0.3 is 10.1 Å². The van der Waals surface area contributed by atoms with Crippen molar-refractivity contribution in [3.05, 3.63) is 62.6 Å². The van der Waals surface area contributed by atoms with E-state index in [0.717, 1.165) is 16.9 Å². The third kappa shape index (κ3) is 5.82. The Hall–Kier alpha value is -2.35. The van der Waals surface area contributed by atoms with Crippen molar-refractivity contribution < 1.29 is 9.53 Å². The molecule has 0 saturated heterocycles. The van der Waals surface area contributed by atoms with E-state index in [0.29, 0.717) is 31.8 Å². The molecule has 0 saturated carbocycles. The lowest BCUT2D eigenvalue weighted by Gasteiger charge is -2.13. The summed E-state index contributed by atoms with van der Waals surface area (Å²) in [5, 5.41) is 15.2. The van der Waals surface area contributed by atoms with Crippen LogP contribution in [0.25, 0.3) is 0 Å². The minimum atomic E-state index is -0.451. The summed E-state index contributed by atoms with van der Waals surface area (Å²) >= 11 is 13.1. The quantitative estimate of drug-likeness (QED) is 0.449. The normalized spacial score (nSPS) is 10.8. The molecule has 0 aliphatic carbocycles. The fourth-order valence-corrected chi connectivity index (χ4v) is 3.52. The molecule has 6 nitrogen and oxygen atoms in total. The molecule has 1 heterocycles. The fraction of sp³-hybridized carbons (Fsp3) is 0.250. The van der Waals surface area contributed by atoms with Gasteiger partial charge in [0.1, 0.15) is 12.4 Å². The summed E-state index contributed by atoms with van der Waals surface area (Å²) < 4.78 is 5.96. The molecule has 3 rings (SSSR count). The molecule has 2 amide bonds. The molecular weight excluding hydrogens is 431 g/mol. The van der Waals surface area contributed by atoms with E-state index in [-0.39, 0.29) is 6.61 Å². The van der Waals surface area contributed by atoms with E-state index in [9.17, 15) is 4.79 Å². The summed E-state index contributed by atoms with van der Waals surface area (Å²) in [4.78, 5) is 12.1. The lowest BCUT2D eigenvalue weighted by atomic mass is 10.0. The zero-order valence-electron chi connectivity index (χ0n) is 16.1. The predicted molar refractivity (Wildman–Crippen MR) is 119 cm³/mol. The zero-order valence-corrected chi connectivity index (χ0v) is 18.5. The van der Waals surface area contributed by atoms with Gasteiger partial charge in [0.25, 0.3) is 0 Å². The molecule has 0 aliphatic heterocycles. The highest BCUT2D eigenvalue weighted by Gasteiger charge is 2.12. The molecule has 9 heteroatoms. The van der Waals surface area contributed by atoms with Crippen LogP contribution in [0, 0.1) is 6.92 Å². The van der Waals surface area contributed by atoms with E-state index in [1.165, 1.54) is 11.3 Å². The van der Waals surface area contributed by atoms with Gasteiger partial charge in [-0.15, -0.1) is 10.2 Å². The van der Waals surface area contributed by atoms with E-state index in [2.05, 4.69) is 46.8 Å². The van der Waals surface area contributed by atoms with Crippen molar-refractivity contribution in [1.82, 2.24) is 10.2 Å². The van der Waals surface area contributed by atoms with Gasteiger partial charge in [-0.2, -0.15) is 0 Å². The standard InChI is InChI=1S/C20H20Cl2N4O2S/c1-11(2)14-6-4-12(3)8-17(14)28-10-18-25-26-20(29-18)24-19(27)23-13-5-7-15(21)16(22)9-13/h4-9,11H,10H2,1-3H3,(H2,23,24,26,27). The van der Waals surface area contributed by atoms with Crippen LogP contribution in [0.3, 0.4) is 0 Å². The first-order valence-corrected chi connectivity index (χ1v) is 10.5. The Kier molecular flexibility index (Phi) is 6.95. The highest BCUT2D eigenvalue weighted by atomic mass is 35.5. The van der Waals surface area contributed by atoms with Crippen LogP contribution >= 0.6 is 34.5 Å². The van der Waals surface area contributed by atoms with Crippen molar-refractivity contribution in [2.75, 3.05) is 10.6 Å². The molecule has 1 aromatic heterocycles. The number of nitrogens with zero attached hydrogens (tertiary/aromatic N) is 2. The molecule has 0 radical (unpaired) electrons. The van der Waals surface area contributed by atoms with Gasteiger partial charge in [-0.25, -0.2) is 4.79 Å². The summed E-state index contributed by atoms with van der Waals surface area (Å²) in [6, 6.07) is 10.5. The van der Waals surface area contributed by atoms with Crippen LogP contribution < -0.4 is 15.4 Å². The number of nitrogens with one attached hydrogen (secondary N) is 2. The summed E-state index contributed by atoms with van der Waals surface area (Å²) in [5.74, 6) is 1.18. The maximum atomic E-state index is 12.1. The average molecular weight is 451 g/mol. The number of hydrogen-bond donors (Lipinski definition) is 2. The van der Waals surface area contributed by atoms with E-state index in [1.807, 2.05) is 13.0 Å². The van der Waals surface area contributed by atoms with Crippen molar-refractivity contribution >= 4 is 51.4 Å². The molecule has 3 aromatic rings. The Labute approximate surface area is 183 Å². The highest BCUT2D eigenvalue weighted by molar-refractivity contribution is 7.15. The minimum absolute atomic E-state index is 0.275. The van der Waals surface area contributed by atoms with Gasteiger partial charge in [0.15, 0.2) is 5.01 Å². The number of halogens is 2. The first-order chi connectivity index (χ1) is 13.8. The second-order valence-electron chi connectivity index (χ2n) is 6.69. The summed E-state index contributed by atoms with van der Waals surface area (Å²) in [7, 11) is 0. The number of anilines is 2. The Bertz CT molecular complexity index is 1020. The second-order valence-corrected chi connectivity index (χ2v) is 8.57. The molecule has 152 valence electrons. The SMILES string of the molecule is Cc1ccc(C(C)C)c(OCc2nnc(NC(=O)Nc3ccc(Cl)c(Cl)c3)s2)c1.